The molecule has 5 rings (SSSR count). The number of fused-ring (bicyclic) bond motifs is 2. The summed E-state index contributed by atoms with van der Waals surface area (Å²) in [7, 11) is 1.10. The van der Waals surface area contributed by atoms with Gasteiger partial charge in [0.25, 0.3) is 0 Å². The van der Waals surface area contributed by atoms with Gasteiger partial charge < -0.3 is 20.1 Å². The zero-order chi connectivity index (χ0) is 28.2. The van der Waals surface area contributed by atoms with Crippen LogP contribution in [0.2, 0.25) is 0 Å². The Kier molecular flexibility index (Phi) is 8.66. The second kappa shape index (κ2) is 12.4. The Morgan fingerprint density at radius 1 is 0.475 bits per heavy atom. The van der Waals surface area contributed by atoms with E-state index in [2.05, 4.69) is 58.3 Å². The lowest BCUT2D eigenvalue weighted by atomic mass is 9.77. The predicted octanol–water partition coefficient (Wildman–Crippen LogP) is 2.62. The summed E-state index contributed by atoms with van der Waals surface area (Å²) < 4.78 is 0. The molecule has 4 N–H and O–H groups in total. The molecule has 0 saturated heterocycles. The fourth-order valence-electron chi connectivity index (χ4n) is 5.59. The number of nitrogens with zero attached hydrogens (tertiary/aromatic N) is 2. The minimum absolute atomic E-state index is 0.531. The van der Waals surface area contributed by atoms with E-state index >= 15 is 0 Å². The van der Waals surface area contributed by atoms with Gasteiger partial charge in [-0.2, -0.15) is 0 Å². The normalized spacial score (nSPS) is 11.6. The summed E-state index contributed by atoms with van der Waals surface area (Å²) in [5, 5.41) is 43.8. The molecule has 0 saturated carbocycles. The molecular weight excluding hydrogens is 498 g/mol. The second-order valence-electron chi connectivity index (χ2n) is 10.6. The number of hydrogen-bond donors (Lipinski definition) is 4. The molecule has 0 aliphatic rings. The molecule has 0 heterocycles. The first-order valence-corrected chi connectivity index (χ1v) is 13.5. The van der Waals surface area contributed by atoms with Crippen LogP contribution < -0.4 is 10.9 Å². The molecule has 0 bridgehead atoms. The Labute approximate surface area is 236 Å². The quantitative estimate of drug-likeness (QED) is 0.164. The third kappa shape index (κ3) is 6.29. The van der Waals surface area contributed by atoms with Crippen LogP contribution in [0.3, 0.4) is 0 Å². The number of hydrogen-bond acceptors (Lipinski definition) is 6. The maximum atomic E-state index is 9.77. The van der Waals surface area contributed by atoms with Crippen molar-refractivity contribution in [1.29, 1.82) is 0 Å². The Balaban J connectivity index is 1.42. The lowest BCUT2D eigenvalue weighted by Crippen LogP contribution is -2.34. The highest BCUT2D eigenvalue weighted by molar-refractivity contribution is 6.59. The first kappa shape index (κ1) is 28.1. The zero-order valence-corrected chi connectivity index (χ0v) is 22.9. The Bertz CT molecular complexity index is 1510. The highest BCUT2D eigenvalue weighted by Crippen LogP contribution is 2.29. The molecule has 40 heavy (non-hydrogen) atoms. The molecule has 8 heteroatoms. The van der Waals surface area contributed by atoms with Crippen LogP contribution in [0, 0.1) is 0 Å². The molecule has 0 amide bonds. The van der Waals surface area contributed by atoms with E-state index in [0.29, 0.717) is 37.1 Å². The van der Waals surface area contributed by atoms with E-state index in [1.807, 2.05) is 50.5 Å². The average molecular weight is 532 g/mol. The molecule has 0 atom stereocenters. The highest BCUT2D eigenvalue weighted by Gasteiger charge is 2.18. The summed E-state index contributed by atoms with van der Waals surface area (Å²) in [6, 6.07) is 32.2. The standard InChI is InChI=1S/C32H34B2N2O4/c1-35(21-27-9-3-5-15-31(27)33(37)38)19-25-13-7-11-23-17-24-12-8-14-26(30(24)18-29(23)25)20-36(2)22-28-10-4-6-16-32(28)34(39)40/h3-18,37-40H,19-22H2,1-2H3. The van der Waals surface area contributed by atoms with Crippen LogP contribution in [-0.2, 0) is 26.2 Å². The summed E-state index contributed by atoms with van der Waals surface area (Å²) >= 11 is 0. The molecule has 202 valence electrons. The van der Waals surface area contributed by atoms with E-state index in [-0.39, 0.29) is 0 Å². The Morgan fingerprint density at radius 3 is 1.27 bits per heavy atom. The van der Waals surface area contributed by atoms with E-state index in [4.69, 9.17) is 0 Å². The van der Waals surface area contributed by atoms with Gasteiger partial charge in [-0.3, -0.25) is 9.80 Å². The van der Waals surface area contributed by atoms with Crippen molar-refractivity contribution in [3.05, 3.63) is 119 Å². The van der Waals surface area contributed by atoms with E-state index in [0.717, 1.165) is 11.1 Å². The van der Waals surface area contributed by atoms with E-state index in [1.54, 1.807) is 12.1 Å². The minimum atomic E-state index is -1.49. The summed E-state index contributed by atoms with van der Waals surface area (Å²) in [5.41, 5.74) is 5.26. The number of benzene rings is 5. The predicted molar refractivity (Wildman–Crippen MR) is 164 cm³/mol. The van der Waals surface area contributed by atoms with Crippen LogP contribution in [-0.4, -0.2) is 58.2 Å². The Morgan fingerprint density at radius 2 is 0.850 bits per heavy atom. The minimum Gasteiger partial charge on any atom is -0.423 e. The monoisotopic (exact) mass is 532 g/mol. The van der Waals surface area contributed by atoms with Gasteiger partial charge >= 0.3 is 14.2 Å². The van der Waals surface area contributed by atoms with Crippen LogP contribution in [0.25, 0.3) is 21.5 Å². The van der Waals surface area contributed by atoms with Crippen LogP contribution in [0.15, 0.2) is 97.1 Å². The second-order valence-corrected chi connectivity index (χ2v) is 10.6. The largest absolute Gasteiger partial charge is 0.488 e. The topological polar surface area (TPSA) is 87.4 Å². The SMILES string of the molecule is CN(Cc1ccccc1B(O)O)Cc1cccc2cc3cccc(CN(C)Cc4ccccc4B(O)O)c3cc12. The molecule has 5 aromatic rings. The van der Waals surface area contributed by atoms with Gasteiger partial charge in [-0.25, -0.2) is 0 Å². The van der Waals surface area contributed by atoms with Gasteiger partial charge in [-0.1, -0.05) is 84.9 Å². The van der Waals surface area contributed by atoms with Crippen molar-refractivity contribution in [3.8, 4) is 0 Å². The van der Waals surface area contributed by atoms with E-state index in [1.165, 1.54) is 32.7 Å². The third-order valence-corrected chi connectivity index (χ3v) is 7.49. The van der Waals surface area contributed by atoms with Crippen molar-refractivity contribution in [1.82, 2.24) is 9.80 Å². The first-order valence-electron chi connectivity index (χ1n) is 13.5. The Hall–Kier alpha value is -3.49. The lowest BCUT2D eigenvalue weighted by molar-refractivity contribution is 0.320. The molecule has 0 aliphatic heterocycles. The van der Waals surface area contributed by atoms with Gasteiger partial charge in [0.15, 0.2) is 0 Å². The van der Waals surface area contributed by atoms with Gasteiger partial charge in [0.2, 0.25) is 0 Å². The molecule has 0 fully saturated rings. The molecule has 0 spiro atoms. The van der Waals surface area contributed by atoms with Gasteiger partial charge in [0, 0.05) is 26.2 Å². The van der Waals surface area contributed by atoms with Crippen LogP contribution in [0.1, 0.15) is 22.3 Å². The molecule has 0 unspecified atom stereocenters. The maximum Gasteiger partial charge on any atom is 0.488 e. The van der Waals surface area contributed by atoms with Crippen molar-refractivity contribution >= 4 is 46.7 Å². The first-order chi connectivity index (χ1) is 19.3. The van der Waals surface area contributed by atoms with Crippen molar-refractivity contribution in [3.63, 3.8) is 0 Å². The highest BCUT2D eigenvalue weighted by atomic mass is 16.4. The summed E-state index contributed by atoms with van der Waals surface area (Å²) in [6.07, 6.45) is 0. The lowest BCUT2D eigenvalue weighted by Gasteiger charge is -2.21. The van der Waals surface area contributed by atoms with Crippen LogP contribution in [0.5, 0.6) is 0 Å². The molecule has 0 radical (unpaired) electrons. The summed E-state index contributed by atoms with van der Waals surface area (Å²) in [4.78, 5) is 4.37. The maximum absolute atomic E-state index is 9.77. The van der Waals surface area contributed by atoms with Crippen molar-refractivity contribution < 1.29 is 20.1 Å². The van der Waals surface area contributed by atoms with Crippen LogP contribution >= 0.6 is 0 Å². The van der Waals surface area contributed by atoms with Gasteiger partial charge in [0.1, 0.15) is 0 Å². The molecule has 5 aromatic carbocycles. The fourth-order valence-corrected chi connectivity index (χ4v) is 5.59. The summed E-state index contributed by atoms with van der Waals surface area (Å²) in [5.74, 6) is 0. The van der Waals surface area contributed by atoms with Crippen molar-refractivity contribution in [2.24, 2.45) is 0 Å². The zero-order valence-electron chi connectivity index (χ0n) is 22.9. The van der Waals surface area contributed by atoms with E-state index in [9.17, 15) is 20.1 Å². The van der Waals surface area contributed by atoms with Gasteiger partial charge in [-0.05, 0) is 81.0 Å². The smallest absolute Gasteiger partial charge is 0.423 e. The molecule has 0 aromatic heterocycles. The van der Waals surface area contributed by atoms with E-state index < -0.39 is 14.2 Å². The van der Waals surface area contributed by atoms with Gasteiger partial charge in [-0.15, -0.1) is 0 Å². The molecule has 0 aliphatic carbocycles. The van der Waals surface area contributed by atoms with Crippen LogP contribution in [0.4, 0.5) is 0 Å². The average Bonchev–Trinajstić information content (AvgIpc) is 2.93. The van der Waals surface area contributed by atoms with Gasteiger partial charge in [0.05, 0.1) is 0 Å². The fraction of sp³-hybridized carbons (Fsp3) is 0.188. The third-order valence-electron chi connectivity index (χ3n) is 7.49. The summed E-state index contributed by atoms with van der Waals surface area (Å²) in [6.45, 7) is 2.61. The molecule has 6 nitrogen and oxygen atoms in total. The van der Waals surface area contributed by atoms with Crippen molar-refractivity contribution in [2.45, 2.75) is 26.2 Å². The number of rotatable bonds is 10. The molecular formula is C32H34B2N2O4. The van der Waals surface area contributed by atoms with Crippen molar-refractivity contribution in [2.75, 3.05) is 14.1 Å².